The monoisotopic (exact) mass is 539 g/mol. The minimum absolute atomic E-state index is 0.0153. The molecule has 0 atom stereocenters. The number of nitrogens with one attached hydrogen (secondary N) is 1. The van der Waals surface area contributed by atoms with Gasteiger partial charge in [-0.05, 0) is 60.7 Å². The molecule has 40 heavy (non-hydrogen) atoms. The molecule has 8 heteroatoms. The molecular weight excluding hydrogens is 502 g/mol. The normalized spacial score (nSPS) is 14.2. The second kappa shape index (κ2) is 13.1. The third-order valence-corrected chi connectivity index (χ3v) is 6.61. The summed E-state index contributed by atoms with van der Waals surface area (Å²) in [6.07, 6.45) is 3.30. The van der Waals surface area contributed by atoms with Crippen molar-refractivity contribution >= 4 is 28.8 Å². The lowest BCUT2D eigenvalue weighted by molar-refractivity contribution is -0.131. The zero-order chi connectivity index (χ0) is 28.6. The van der Waals surface area contributed by atoms with Gasteiger partial charge >= 0.3 is 0 Å². The quantitative estimate of drug-likeness (QED) is 0.396. The van der Waals surface area contributed by atoms with E-state index in [1.807, 2.05) is 38.1 Å². The zero-order valence-electron chi connectivity index (χ0n) is 23.6. The van der Waals surface area contributed by atoms with Crippen molar-refractivity contribution in [1.29, 1.82) is 0 Å². The van der Waals surface area contributed by atoms with Gasteiger partial charge in [0.2, 0.25) is 5.91 Å². The fourth-order valence-electron chi connectivity index (χ4n) is 4.46. The molecule has 3 N–H and O–H groups in total. The van der Waals surface area contributed by atoms with Gasteiger partial charge in [-0.15, -0.1) is 0 Å². The molecule has 2 heterocycles. The Kier molecular flexibility index (Phi) is 9.32. The molecule has 2 amide bonds. The first-order valence-corrected chi connectivity index (χ1v) is 13.6. The van der Waals surface area contributed by atoms with Gasteiger partial charge in [0, 0.05) is 41.8 Å². The Bertz CT molecular complexity index is 1380. The number of ether oxygens (including phenoxy) is 1. The number of benzene rings is 2. The Morgan fingerprint density at radius 1 is 0.975 bits per heavy atom. The van der Waals surface area contributed by atoms with E-state index in [0.717, 1.165) is 16.7 Å². The molecule has 0 saturated heterocycles. The van der Waals surface area contributed by atoms with Gasteiger partial charge in [0.15, 0.2) is 0 Å². The molecule has 0 fully saturated rings. The lowest BCUT2D eigenvalue weighted by Crippen LogP contribution is -2.48. The Morgan fingerprint density at radius 3 is 2.27 bits per heavy atom. The Balaban J connectivity index is 1.59. The molecule has 0 unspecified atom stereocenters. The standard InChI is InChI=1S/C32H37N5O3/c1-21(2)24-7-5-23(6-8-24)20-40-27-11-9-25(10-12-27)29(30(33)26-13-15-34-16-14-26)31-32(39)37(18-17-35-31)19-28(38)36-22(3)4/h5-16,21-22H,17-20,33H2,1-4H3,(H,36,38). The van der Waals surface area contributed by atoms with Gasteiger partial charge in [-0.1, -0.05) is 50.2 Å². The van der Waals surface area contributed by atoms with E-state index in [0.29, 0.717) is 42.6 Å². The summed E-state index contributed by atoms with van der Waals surface area (Å²) in [7, 11) is 0. The number of nitrogens with zero attached hydrogens (tertiary/aromatic N) is 3. The smallest absolute Gasteiger partial charge is 0.273 e. The van der Waals surface area contributed by atoms with Crippen molar-refractivity contribution in [3.05, 3.63) is 95.3 Å². The van der Waals surface area contributed by atoms with Gasteiger partial charge < -0.3 is 20.7 Å². The van der Waals surface area contributed by atoms with Crippen LogP contribution in [0.5, 0.6) is 5.75 Å². The summed E-state index contributed by atoms with van der Waals surface area (Å²) in [6.45, 7) is 9.25. The van der Waals surface area contributed by atoms with Gasteiger partial charge in [0.1, 0.15) is 18.1 Å². The number of pyridine rings is 1. The first-order valence-electron chi connectivity index (χ1n) is 13.6. The summed E-state index contributed by atoms with van der Waals surface area (Å²) in [4.78, 5) is 36.2. The Hall–Kier alpha value is -4.46. The summed E-state index contributed by atoms with van der Waals surface area (Å²) in [6, 6.07) is 19.5. The first kappa shape index (κ1) is 28.5. The molecule has 8 nitrogen and oxygen atoms in total. The molecule has 0 radical (unpaired) electrons. The van der Waals surface area contributed by atoms with E-state index in [1.54, 1.807) is 24.5 Å². The van der Waals surface area contributed by atoms with Crippen molar-refractivity contribution in [2.75, 3.05) is 19.6 Å². The van der Waals surface area contributed by atoms with Crippen LogP contribution in [-0.4, -0.2) is 53.1 Å². The topological polar surface area (TPSA) is 110 Å². The molecule has 1 aliphatic heterocycles. The van der Waals surface area contributed by atoms with Crippen LogP contribution in [0.3, 0.4) is 0 Å². The van der Waals surface area contributed by atoms with Crippen molar-refractivity contribution in [1.82, 2.24) is 15.2 Å². The maximum atomic E-state index is 13.6. The highest BCUT2D eigenvalue weighted by Gasteiger charge is 2.30. The first-order chi connectivity index (χ1) is 19.2. The average molecular weight is 540 g/mol. The number of nitrogens with two attached hydrogens (primary N) is 1. The van der Waals surface area contributed by atoms with Gasteiger partial charge in [0.05, 0.1) is 13.1 Å². The third kappa shape index (κ3) is 7.14. The summed E-state index contributed by atoms with van der Waals surface area (Å²) in [5.74, 6) is 0.636. The van der Waals surface area contributed by atoms with Crippen LogP contribution < -0.4 is 15.8 Å². The molecule has 4 rings (SSSR count). The predicted octanol–water partition coefficient (Wildman–Crippen LogP) is 4.42. The van der Waals surface area contributed by atoms with Crippen LogP contribution in [0.1, 0.15) is 55.9 Å². The molecule has 0 aliphatic carbocycles. The Labute approximate surface area is 236 Å². The summed E-state index contributed by atoms with van der Waals surface area (Å²) >= 11 is 0. The number of carbonyl (C=O) groups is 2. The lowest BCUT2D eigenvalue weighted by atomic mass is 9.94. The maximum Gasteiger partial charge on any atom is 0.273 e. The van der Waals surface area contributed by atoms with E-state index >= 15 is 0 Å². The molecule has 0 bridgehead atoms. The minimum Gasteiger partial charge on any atom is -0.489 e. The molecule has 0 saturated carbocycles. The van der Waals surface area contributed by atoms with E-state index in [-0.39, 0.29) is 30.1 Å². The van der Waals surface area contributed by atoms with E-state index in [1.165, 1.54) is 10.5 Å². The fourth-order valence-corrected chi connectivity index (χ4v) is 4.46. The number of carbonyl (C=O) groups excluding carboxylic acids is 2. The van der Waals surface area contributed by atoms with E-state index < -0.39 is 0 Å². The largest absolute Gasteiger partial charge is 0.489 e. The fraction of sp³-hybridized carbons (Fsp3) is 0.312. The molecule has 0 spiro atoms. The third-order valence-electron chi connectivity index (χ3n) is 6.61. The number of aromatic nitrogens is 1. The van der Waals surface area contributed by atoms with Crippen molar-refractivity contribution < 1.29 is 14.3 Å². The van der Waals surface area contributed by atoms with Crippen LogP contribution >= 0.6 is 0 Å². The van der Waals surface area contributed by atoms with E-state index in [4.69, 9.17) is 10.5 Å². The minimum atomic E-state index is -0.331. The average Bonchev–Trinajstić information content (AvgIpc) is 2.95. The van der Waals surface area contributed by atoms with Crippen LogP contribution in [0.25, 0.3) is 11.3 Å². The van der Waals surface area contributed by atoms with Crippen molar-refractivity contribution in [3.8, 4) is 5.75 Å². The highest BCUT2D eigenvalue weighted by atomic mass is 16.5. The molecule has 1 aromatic heterocycles. The maximum absolute atomic E-state index is 13.6. The van der Waals surface area contributed by atoms with Crippen LogP contribution in [-0.2, 0) is 16.2 Å². The van der Waals surface area contributed by atoms with Crippen LogP contribution in [0.4, 0.5) is 0 Å². The van der Waals surface area contributed by atoms with Crippen LogP contribution in [0, 0.1) is 0 Å². The molecule has 208 valence electrons. The number of amides is 2. The SMILES string of the molecule is CC(C)NC(=O)CN1CCN=C(C(=C(N)c2ccncc2)c2ccc(OCc3ccc(C(C)C)cc3)cc2)C1=O. The van der Waals surface area contributed by atoms with Crippen molar-refractivity contribution in [3.63, 3.8) is 0 Å². The number of hydrogen-bond donors (Lipinski definition) is 2. The van der Waals surface area contributed by atoms with Gasteiger partial charge in [-0.25, -0.2) is 0 Å². The van der Waals surface area contributed by atoms with Crippen molar-refractivity contribution in [2.24, 2.45) is 10.7 Å². The highest BCUT2D eigenvalue weighted by molar-refractivity contribution is 6.58. The van der Waals surface area contributed by atoms with E-state index in [2.05, 4.69) is 53.4 Å². The predicted molar refractivity (Wildman–Crippen MR) is 159 cm³/mol. The summed E-state index contributed by atoms with van der Waals surface area (Å²) < 4.78 is 6.03. The second-order valence-corrected chi connectivity index (χ2v) is 10.4. The zero-order valence-corrected chi connectivity index (χ0v) is 23.6. The molecule has 3 aromatic rings. The van der Waals surface area contributed by atoms with Gasteiger partial charge in [0.25, 0.3) is 5.91 Å². The Morgan fingerprint density at radius 2 is 1.65 bits per heavy atom. The van der Waals surface area contributed by atoms with Gasteiger partial charge in [-0.2, -0.15) is 0 Å². The van der Waals surface area contributed by atoms with E-state index in [9.17, 15) is 9.59 Å². The van der Waals surface area contributed by atoms with Crippen LogP contribution in [0.15, 0.2) is 78.0 Å². The number of rotatable bonds is 10. The lowest BCUT2D eigenvalue weighted by Gasteiger charge is -2.28. The second-order valence-electron chi connectivity index (χ2n) is 10.4. The number of aliphatic imine (C=N–C) groups is 1. The summed E-state index contributed by atoms with van der Waals surface area (Å²) in [5.41, 5.74) is 11.6. The highest BCUT2D eigenvalue weighted by Crippen LogP contribution is 2.28. The van der Waals surface area contributed by atoms with Crippen molar-refractivity contribution in [2.45, 2.75) is 46.3 Å². The summed E-state index contributed by atoms with van der Waals surface area (Å²) in [5, 5.41) is 2.84. The molecule has 1 aliphatic rings. The number of hydrogen-bond acceptors (Lipinski definition) is 6. The van der Waals surface area contributed by atoms with Gasteiger partial charge in [-0.3, -0.25) is 19.6 Å². The molecule has 2 aromatic carbocycles. The van der Waals surface area contributed by atoms with Crippen LogP contribution in [0.2, 0.25) is 0 Å². The molecular formula is C32H37N5O3.